The van der Waals surface area contributed by atoms with Crippen LogP contribution in [0.15, 0.2) is 30.3 Å². The standard InChI is InChI=1S/C22H28FN3/c1-3-25-11-13-26(14-12-25)21-15-20(17-7-9-18(23)10-8-17)24-22-16(2)5-4-6-19(21)22/h7-10,15-16H,3-6,11-14H2,1-2H3. The van der Waals surface area contributed by atoms with Gasteiger partial charge in [0, 0.05) is 43.1 Å². The van der Waals surface area contributed by atoms with E-state index in [1.165, 1.54) is 41.9 Å². The zero-order valence-electron chi connectivity index (χ0n) is 15.8. The highest BCUT2D eigenvalue weighted by Gasteiger charge is 2.26. The van der Waals surface area contributed by atoms with E-state index in [0.29, 0.717) is 5.92 Å². The third-order valence-corrected chi connectivity index (χ3v) is 5.96. The molecule has 1 unspecified atom stereocenters. The molecule has 2 aromatic rings. The average Bonchev–Trinajstić information content (AvgIpc) is 2.68. The lowest BCUT2D eigenvalue weighted by Crippen LogP contribution is -2.46. The molecule has 1 aliphatic carbocycles. The van der Waals surface area contributed by atoms with Crippen molar-refractivity contribution in [3.8, 4) is 11.3 Å². The Balaban J connectivity index is 1.75. The van der Waals surface area contributed by atoms with Crippen molar-refractivity contribution in [3.05, 3.63) is 47.4 Å². The van der Waals surface area contributed by atoms with Crippen molar-refractivity contribution < 1.29 is 4.39 Å². The van der Waals surface area contributed by atoms with Gasteiger partial charge < -0.3 is 9.80 Å². The van der Waals surface area contributed by atoms with Crippen molar-refractivity contribution in [2.75, 3.05) is 37.6 Å². The first-order chi connectivity index (χ1) is 12.7. The van der Waals surface area contributed by atoms with Crippen molar-refractivity contribution >= 4 is 5.69 Å². The molecule has 2 aliphatic rings. The molecule has 0 spiro atoms. The Kier molecular flexibility index (Phi) is 4.94. The fraction of sp³-hybridized carbons (Fsp3) is 0.500. The molecule has 1 aromatic heterocycles. The molecule has 1 aromatic carbocycles. The number of hydrogen-bond acceptors (Lipinski definition) is 3. The first-order valence-corrected chi connectivity index (χ1v) is 9.92. The first-order valence-electron chi connectivity index (χ1n) is 9.92. The lowest BCUT2D eigenvalue weighted by atomic mass is 9.86. The molecule has 4 rings (SSSR count). The molecule has 0 saturated carbocycles. The second kappa shape index (κ2) is 7.36. The molecular formula is C22H28FN3. The van der Waals surface area contributed by atoms with Gasteiger partial charge in [-0.15, -0.1) is 0 Å². The molecule has 1 aliphatic heterocycles. The Morgan fingerprint density at radius 1 is 1.12 bits per heavy atom. The van der Waals surface area contributed by atoms with Gasteiger partial charge in [0.25, 0.3) is 0 Å². The first kappa shape index (κ1) is 17.5. The fourth-order valence-electron chi connectivity index (χ4n) is 4.32. The van der Waals surface area contributed by atoms with Gasteiger partial charge in [-0.1, -0.05) is 13.8 Å². The number of benzene rings is 1. The van der Waals surface area contributed by atoms with E-state index < -0.39 is 0 Å². The Morgan fingerprint density at radius 2 is 1.85 bits per heavy atom. The van der Waals surface area contributed by atoms with Crippen LogP contribution in [0, 0.1) is 5.82 Å². The van der Waals surface area contributed by atoms with Gasteiger partial charge in [-0.25, -0.2) is 4.39 Å². The topological polar surface area (TPSA) is 19.4 Å². The largest absolute Gasteiger partial charge is 0.369 e. The number of rotatable bonds is 3. The van der Waals surface area contributed by atoms with Gasteiger partial charge in [0.05, 0.1) is 5.69 Å². The molecule has 2 heterocycles. The summed E-state index contributed by atoms with van der Waals surface area (Å²) in [5.74, 6) is 0.297. The molecular weight excluding hydrogens is 325 g/mol. The van der Waals surface area contributed by atoms with E-state index >= 15 is 0 Å². The van der Waals surface area contributed by atoms with Crippen molar-refractivity contribution in [3.63, 3.8) is 0 Å². The second-order valence-corrected chi connectivity index (χ2v) is 7.61. The van der Waals surface area contributed by atoms with Gasteiger partial charge in [0.2, 0.25) is 0 Å². The number of halogens is 1. The van der Waals surface area contributed by atoms with Crippen LogP contribution < -0.4 is 4.90 Å². The predicted octanol–water partition coefficient (Wildman–Crippen LogP) is 4.47. The van der Waals surface area contributed by atoms with E-state index in [-0.39, 0.29) is 5.82 Å². The molecule has 0 radical (unpaired) electrons. The molecule has 1 atom stereocenters. The van der Waals surface area contributed by atoms with Crippen molar-refractivity contribution in [2.24, 2.45) is 0 Å². The Hall–Kier alpha value is -1.94. The maximum Gasteiger partial charge on any atom is 0.123 e. The maximum absolute atomic E-state index is 13.3. The number of likely N-dealkylation sites (N-methyl/N-ethyl adjacent to an activating group) is 1. The monoisotopic (exact) mass is 353 g/mol. The lowest BCUT2D eigenvalue weighted by Gasteiger charge is -2.38. The van der Waals surface area contributed by atoms with E-state index in [1.807, 2.05) is 12.1 Å². The summed E-state index contributed by atoms with van der Waals surface area (Å²) in [6.07, 6.45) is 3.57. The number of nitrogens with zero attached hydrogens (tertiary/aromatic N) is 3. The quantitative estimate of drug-likeness (QED) is 0.812. The third-order valence-electron chi connectivity index (χ3n) is 5.96. The summed E-state index contributed by atoms with van der Waals surface area (Å²) < 4.78 is 13.3. The van der Waals surface area contributed by atoms with Gasteiger partial charge >= 0.3 is 0 Å². The number of fused-ring (bicyclic) bond motifs is 1. The zero-order valence-corrected chi connectivity index (χ0v) is 15.8. The Morgan fingerprint density at radius 3 is 2.54 bits per heavy atom. The SMILES string of the molecule is CCN1CCN(c2cc(-c3ccc(F)cc3)nc3c2CCCC3C)CC1. The van der Waals surface area contributed by atoms with Gasteiger partial charge in [-0.3, -0.25) is 4.98 Å². The number of aromatic nitrogens is 1. The summed E-state index contributed by atoms with van der Waals surface area (Å²) in [6, 6.07) is 8.98. The van der Waals surface area contributed by atoms with E-state index in [1.54, 1.807) is 0 Å². The average molecular weight is 353 g/mol. The van der Waals surface area contributed by atoms with Gasteiger partial charge in [-0.2, -0.15) is 0 Å². The van der Waals surface area contributed by atoms with Crippen LogP contribution in [0.25, 0.3) is 11.3 Å². The summed E-state index contributed by atoms with van der Waals surface area (Å²) in [4.78, 5) is 10.1. The lowest BCUT2D eigenvalue weighted by molar-refractivity contribution is 0.271. The van der Waals surface area contributed by atoms with E-state index in [4.69, 9.17) is 4.98 Å². The van der Waals surface area contributed by atoms with Gasteiger partial charge in [0.1, 0.15) is 5.82 Å². The molecule has 26 heavy (non-hydrogen) atoms. The Bertz CT molecular complexity index is 764. The highest BCUT2D eigenvalue weighted by atomic mass is 19.1. The Labute approximate surface area is 155 Å². The van der Waals surface area contributed by atoms with Crippen LogP contribution in [-0.4, -0.2) is 42.6 Å². The fourth-order valence-corrected chi connectivity index (χ4v) is 4.32. The predicted molar refractivity (Wildman–Crippen MR) is 105 cm³/mol. The van der Waals surface area contributed by atoms with Crippen molar-refractivity contribution in [2.45, 2.75) is 39.0 Å². The summed E-state index contributed by atoms with van der Waals surface area (Å²) in [5.41, 5.74) is 6.04. The second-order valence-electron chi connectivity index (χ2n) is 7.61. The number of hydrogen-bond donors (Lipinski definition) is 0. The van der Waals surface area contributed by atoms with E-state index in [0.717, 1.165) is 50.4 Å². The summed E-state index contributed by atoms with van der Waals surface area (Å²) >= 11 is 0. The normalized spacial score (nSPS) is 20.9. The highest BCUT2D eigenvalue weighted by Crippen LogP contribution is 2.38. The molecule has 4 heteroatoms. The maximum atomic E-state index is 13.3. The van der Waals surface area contributed by atoms with Gasteiger partial charge in [-0.05, 0) is 67.6 Å². The zero-order chi connectivity index (χ0) is 18.1. The molecule has 0 N–H and O–H groups in total. The summed E-state index contributed by atoms with van der Waals surface area (Å²) in [5, 5.41) is 0. The molecule has 0 bridgehead atoms. The van der Waals surface area contributed by atoms with Crippen LogP contribution >= 0.6 is 0 Å². The van der Waals surface area contributed by atoms with E-state index in [2.05, 4.69) is 29.7 Å². The minimum atomic E-state index is -0.198. The van der Waals surface area contributed by atoms with Crippen molar-refractivity contribution in [1.82, 2.24) is 9.88 Å². The van der Waals surface area contributed by atoms with Crippen LogP contribution in [0.3, 0.4) is 0 Å². The number of anilines is 1. The van der Waals surface area contributed by atoms with Crippen LogP contribution in [0.5, 0.6) is 0 Å². The molecule has 3 nitrogen and oxygen atoms in total. The van der Waals surface area contributed by atoms with E-state index in [9.17, 15) is 4.39 Å². The summed E-state index contributed by atoms with van der Waals surface area (Å²) in [7, 11) is 0. The van der Waals surface area contributed by atoms with Crippen LogP contribution in [0.4, 0.5) is 10.1 Å². The van der Waals surface area contributed by atoms with Crippen molar-refractivity contribution in [1.29, 1.82) is 0 Å². The van der Waals surface area contributed by atoms with Gasteiger partial charge in [0.15, 0.2) is 0 Å². The smallest absolute Gasteiger partial charge is 0.123 e. The third kappa shape index (κ3) is 3.35. The molecule has 138 valence electrons. The summed E-state index contributed by atoms with van der Waals surface area (Å²) in [6.45, 7) is 10.0. The minimum Gasteiger partial charge on any atom is -0.369 e. The van der Waals surface area contributed by atoms with Crippen LogP contribution in [0.2, 0.25) is 0 Å². The molecule has 0 amide bonds. The molecule has 1 fully saturated rings. The number of piperazine rings is 1. The highest BCUT2D eigenvalue weighted by molar-refractivity contribution is 5.69. The van der Waals surface area contributed by atoms with Crippen LogP contribution in [-0.2, 0) is 6.42 Å². The minimum absolute atomic E-state index is 0.198. The molecule has 1 saturated heterocycles. The number of pyridine rings is 1. The van der Waals surface area contributed by atoms with Crippen LogP contribution in [0.1, 0.15) is 43.9 Å².